The molecule has 0 unspecified atom stereocenters. The number of aryl methyl sites for hydroxylation is 2. The highest BCUT2D eigenvalue weighted by Gasteiger charge is 2.07. The molecule has 0 aliphatic heterocycles. The van der Waals surface area contributed by atoms with Crippen molar-refractivity contribution in [1.82, 2.24) is 0 Å². The number of nitrogens with two attached hydrogens (primary N) is 1. The fraction of sp³-hybridized carbons (Fsp3) is 0.385. The number of hydrogen-bond donors (Lipinski definition) is 1. The molecule has 15 heavy (non-hydrogen) atoms. The average molecular weight is 226 g/mol. The smallest absolute Gasteiger partial charge is 0.0300 e. The third kappa shape index (κ3) is 4.06. The van der Waals surface area contributed by atoms with E-state index in [1.54, 1.807) is 0 Å². The Morgan fingerprint density at radius 2 is 2.07 bits per heavy atom. The largest absolute Gasteiger partial charge is 0.324 e. The van der Waals surface area contributed by atoms with Crippen molar-refractivity contribution >= 4 is 12.4 Å². The Bertz CT molecular complexity index is 320. The molecule has 0 amide bonds. The van der Waals surface area contributed by atoms with Crippen molar-refractivity contribution in [3.8, 4) is 0 Å². The summed E-state index contributed by atoms with van der Waals surface area (Å²) in [4.78, 5) is 0. The van der Waals surface area contributed by atoms with Crippen molar-refractivity contribution in [2.75, 3.05) is 0 Å². The second-order valence-corrected chi connectivity index (χ2v) is 3.83. The number of benzene rings is 1. The first-order valence-electron chi connectivity index (χ1n) is 5.08. The first-order chi connectivity index (χ1) is 6.65. The minimum Gasteiger partial charge on any atom is -0.324 e. The molecule has 0 spiro atoms. The van der Waals surface area contributed by atoms with Gasteiger partial charge in [0.15, 0.2) is 0 Å². The van der Waals surface area contributed by atoms with Gasteiger partial charge in [0.1, 0.15) is 0 Å². The molecule has 0 heterocycles. The van der Waals surface area contributed by atoms with Gasteiger partial charge in [-0.3, -0.25) is 0 Å². The molecule has 0 radical (unpaired) electrons. The number of rotatable bonds is 4. The van der Waals surface area contributed by atoms with Gasteiger partial charge in [0.25, 0.3) is 0 Å². The van der Waals surface area contributed by atoms with Gasteiger partial charge in [-0.1, -0.05) is 29.8 Å². The van der Waals surface area contributed by atoms with E-state index in [-0.39, 0.29) is 18.4 Å². The van der Waals surface area contributed by atoms with Crippen LogP contribution in [-0.2, 0) is 0 Å². The summed E-state index contributed by atoms with van der Waals surface area (Å²) in [5.74, 6) is 0. The highest BCUT2D eigenvalue weighted by atomic mass is 35.5. The van der Waals surface area contributed by atoms with Crippen LogP contribution in [0.25, 0.3) is 0 Å². The molecule has 1 atom stereocenters. The highest BCUT2D eigenvalue weighted by Crippen LogP contribution is 2.20. The minimum atomic E-state index is 0. The summed E-state index contributed by atoms with van der Waals surface area (Å²) in [6.45, 7) is 7.92. The molecular weight excluding hydrogens is 206 g/mol. The molecule has 0 saturated heterocycles. The summed E-state index contributed by atoms with van der Waals surface area (Å²) in [6.07, 6.45) is 3.88. The Balaban J connectivity index is 0.00000196. The van der Waals surface area contributed by atoms with Gasteiger partial charge in [-0.15, -0.1) is 19.0 Å². The maximum Gasteiger partial charge on any atom is 0.0300 e. The average Bonchev–Trinajstić information content (AvgIpc) is 2.18. The summed E-state index contributed by atoms with van der Waals surface area (Å²) in [5, 5.41) is 0. The monoisotopic (exact) mass is 225 g/mol. The van der Waals surface area contributed by atoms with Gasteiger partial charge < -0.3 is 5.73 Å². The molecule has 0 aliphatic rings. The molecule has 1 aromatic carbocycles. The van der Waals surface area contributed by atoms with Crippen LogP contribution in [0.2, 0.25) is 0 Å². The molecule has 0 aromatic heterocycles. The van der Waals surface area contributed by atoms with Crippen molar-refractivity contribution < 1.29 is 0 Å². The summed E-state index contributed by atoms with van der Waals surface area (Å²) < 4.78 is 0. The van der Waals surface area contributed by atoms with Crippen LogP contribution in [0.1, 0.15) is 35.6 Å². The van der Waals surface area contributed by atoms with Gasteiger partial charge in [0.05, 0.1) is 0 Å². The normalized spacial score (nSPS) is 11.7. The maximum absolute atomic E-state index is 6.10. The van der Waals surface area contributed by atoms with E-state index < -0.39 is 0 Å². The van der Waals surface area contributed by atoms with Crippen LogP contribution in [0.15, 0.2) is 30.9 Å². The van der Waals surface area contributed by atoms with Gasteiger partial charge >= 0.3 is 0 Å². The quantitative estimate of drug-likeness (QED) is 0.778. The van der Waals surface area contributed by atoms with Crippen molar-refractivity contribution in [3.63, 3.8) is 0 Å². The molecule has 1 aromatic rings. The standard InChI is InChI=1S/C13H19N.ClH/c1-4-5-6-13(14)12-9-10(2)7-8-11(12)3;/h4,7-9,13H,1,5-6,14H2,2-3H3;1H/t13-;/m0./s1. The molecule has 2 N–H and O–H groups in total. The van der Waals surface area contributed by atoms with Crippen molar-refractivity contribution in [2.24, 2.45) is 5.73 Å². The van der Waals surface area contributed by atoms with Crippen LogP contribution in [0.5, 0.6) is 0 Å². The Labute approximate surface area is 98.8 Å². The third-order valence-electron chi connectivity index (χ3n) is 2.52. The number of hydrogen-bond acceptors (Lipinski definition) is 1. The molecule has 0 bridgehead atoms. The molecule has 0 aliphatic carbocycles. The van der Waals surface area contributed by atoms with E-state index in [9.17, 15) is 0 Å². The minimum absolute atomic E-state index is 0. The van der Waals surface area contributed by atoms with Gasteiger partial charge in [-0.05, 0) is 37.8 Å². The lowest BCUT2D eigenvalue weighted by Gasteiger charge is -2.14. The lowest BCUT2D eigenvalue weighted by molar-refractivity contribution is 0.657. The summed E-state index contributed by atoms with van der Waals surface area (Å²) in [6, 6.07) is 6.59. The van der Waals surface area contributed by atoms with E-state index in [2.05, 4.69) is 38.6 Å². The lowest BCUT2D eigenvalue weighted by Crippen LogP contribution is -2.11. The topological polar surface area (TPSA) is 26.0 Å². The molecular formula is C13H20ClN. The van der Waals surface area contributed by atoms with E-state index in [4.69, 9.17) is 5.73 Å². The van der Waals surface area contributed by atoms with Crippen LogP contribution >= 0.6 is 12.4 Å². The first-order valence-corrected chi connectivity index (χ1v) is 5.08. The van der Waals surface area contributed by atoms with E-state index in [1.165, 1.54) is 16.7 Å². The molecule has 2 heteroatoms. The predicted molar refractivity (Wildman–Crippen MR) is 69.5 cm³/mol. The maximum atomic E-state index is 6.10. The second-order valence-electron chi connectivity index (χ2n) is 3.83. The van der Waals surface area contributed by atoms with Gasteiger partial charge in [-0.25, -0.2) is 0 Å². The zero-order chi connectivity index (χ0) is 10.6. The van der Waals surface area contributed by atoms with Crippen LogP contribution in [-0.4, -0.2) is 0 Å². The van der Waals surface area contributed by atoms with Gasteiger partial charge in [0, 0.05) is 6.04 Å². The van der Waals surface area contributed by atoms with Crippen LogP contribution < -0.4 is 5.73 Å². The molecule has 84 valence electrons. The Hall–Kier alpha value is -0.790. The zero-order valence-corrected chi connectivity index (χ0v) is 10.3. The Morgan fingerprint density at radius 3 is 2.67 bits per heavy atom. The summed E-state index contributed by atoms with van der Waals surface area (Å²) in [5.41, 5.74) is 9.94. The van der Waals surface area contributed by atoms with Crippen LogP contribution in [0.4, 0.5) is 0 Å². The molecule has 0 fully saturated rings. The Kier molecular flexibility index (Phi) is 6.30. The highest BCUT2D eigenvalue weighted by molar-refractivity contribution is 5.85. The molecule has 1 nitrogen and oxygen atoms in total. The summed E-state index contributed by atoms with van der Waals surface area (Å²) in [7, 11) is 0. The van der Waals surface area contributed by atoms with E-state index in [1.807, 2.05) is 6.08 Å². The SMILES string of the molecule is C=CCC[C@H](N)c1cc(C)ccc1C.Cl. The summed E-state index contributed by atoms with van der Waals surface area (Å²) >= 11 is 0. The van der Waals surface area contributed by atoms with E-state index >= 15 is 0 Å². The van der Waals surface area contributed by atoms with Crippen LogP contribution in [0.3, 0.4) is 0 Å². The number of allylic oxidation sites excluding steroid dienone is 1. The molecule has 0 saturated carbocycles. The van der Waals surface area contributed by atoms with Crippen molar-refractivity contribution in [2.45, 2.75) is 32.7 Å². The fourth-order valence-corrected chi connectivity index (χ4v) is 1.61. The third-order valence-corrected chi connectivity index (χ3v) is 2.52. The molecule has 1 rings (SSSR count). The van der Waals surface area contributed by atoms with Crippen molar-refractivity contribution in [3.05, 3.63) is 47.5 Å². The van der Waals surface area contributed by atoms with Gasteiger partial charge in [0.2, 0.25) is 0 Å². The van der Waals surface area contributed by atoms with E-state index in [0.29, 0.717) is 0 Å². The Morgan fingerprint density at radius 1 is 1.40 bits per heavy atom. The van der Waals surface area contributed by atoms with Crippen molar-refractivity contribution in [1.29, 1.82) is 0 Å². The van der Waals surface area contributed by atoms with E-state index in [0.717, 1.165) is 12.8 Å². The predicted octanol–water partition coefficient (Wildman–Crippen LogP) is 3.69. The van der Waals surface area contributed by atoms with Crippen LogP contribution in [0, 0.1) is 13.8 Å². The van der Waals surface area contributed by atoms with Gasteiger partial charge in [-0.2, -0.15) is 0 Å². The fourth-order valence-electron chi connectivity index (χ4n) is 1.61. The number of halogens is 1. The first kappa shape index (κ1) is 14.2. The zero-order valence-electron chi connectivity index (χ0n) is 9.49. The lowest BCUT2D eigenvalue weighted by atomic mass is 9.96. The second kappa shape index (κ2) is 6.65.